The average Bonchev–Trinajstić information content (AvgIpc) is 3.02. The second-order valence-corrected chi connectivity index (χ2v) is 6.86. The molecule has 1 aliphatic rings. The van der Waals surface area contributed by atoms with Crippen LogP contribution in [0.1, 0.15) is 11.1 Å². The van der Waals surface area contributed by atoms with Crippen molar-refractivity contribution >= 4 is 17.5 Å². The van der Waals surface area contributed by atoms with Gasteiger partial charge in [-0.05, 0) is 36.1 Å². The molecule has 1 aliphatic heterocycles. The highest BCUT2D eigenvalue weighted by Gasteiger charge is 2.17. The molecule has 8 heteroatoms. The molecule has 0 bridgehead atoms. The number of hydrogen-bond acceptors (Lipinski definition) is 7. The van der Waals surface area contributed by atoms with E-state index in [1.807, 2.05) is 24.3 Å². The topological polar surface area (TPSA) is 103 Å². The third kappa shape index (κ3) is 4.61. The maximum Gasteiger partial charge on any atom is 0.268 e. The molecule has 3 N–H and O–H groups in total. The summed E-state index contributed by atoms with van der Waals surface area (Å²) in [4.78, 5) is 27.1. The van der Waals surface area contributed by atoms with Crippen LogP contribution >= 0.6 is 0 Å². The minimum absolute atomic E-state index is 0.498. The number of benzene rings is 1. The van der Waals surface area contributed by atoms with E-state index in [1.54, 1.807) is 11.7 Å². The summed E-state index contributed by atoms with van der Waals surface area (Å²) in [5.74, 6) is 1.19. The van der Waals surface area contributed by atoms with Crippen molar-refractivity contribution < 1.29 is 10.0 Å². The molecule has 3 heterocycles. The molecule has 0 radical (unpaired) electrons. The summed E-state index contributed by atoms with van der Waals surface area (Å²) in [5, 5.41) is 11.6. The number of aromatic nitrogens is 3. The van der Waals surface area contributed by atoms with Crippen molar-refractivity contribution in [2.45, 2.75) is 12.8 Å². The van der Waals surface area contributed by atoms with Crippen LogP contribution in [0.5, 0.6) is 0 Å². The van der Waals surface area contributed by atoms with Gasteiger partial charge in [0.2, 0.25) is 0 Å². The Bertz CT molecular complexity index is 1030. The molecule has 0 saturated heterocycles. The number of anilines is 2. The third-order valence-corrected chi connectivity index (χ3v) is 4.93. The molecule has 1 aromatic carbocycles. The van der Waals surface area contributed by atoms with Crippen LogP contribution < -0.4 is 15.7 Å². The Hall–Kier alpha value is -3.78. The van der Waals surface area contributed by atoms with Gasteiger partial charge in [0, 0.05) is 37.6 Å². The van der Waals surface area contributed by atoms with Crippen LogP contribution in [-0.2, 0) is 17.6 Å². The predicted octanol–water partition coefficient (Wildman–Crippen LogP) is 2.57. The van der Waals surface area contributed by atoms with E-state index in [1.165, 1.54) is 23.4 Å². The van der Waals surface area contributed by atoms with Gasteiger partial charge in [-0.1, -0.05) is 30.3 Å². The monoisotopic (exact) mass is 402 g/mol. The Morgan fingerprint density at radius 2 is 1.77 bits per heavy atom. The van der Waals surface area contributed by atoms with Crippen molar-refractivity contribution in [3.63, 3.8) is 0 Å². The SMILES string of the molecule is O=C(C=CNc1cc(N2CCc3ccccc3CC2)nc(-c2ccccn2)n1)NO. The molecule has 0 unspecified atom stereocenters. The van der Waals surface area contributed by atoms with Crippen LogP contribution in [0, 0.1) is 0 Å². The Balaban J connectivity index is 1.64. The number of fused-ring (bicyclic) bond motifs is 1. The van der Waals surface area contributed by atoms with E-state index in [9.17, 15) is 4.79 Å². The predicted molar refractivity (Wildman–Crippen MR) is 114 cm³/mol. The summed E-state index contributed by atoms with van der Waals surface area (Å²) in [5.41, 5.74) is 4.96. The number of nitrogens with one attached hydrogen (secondary N) is 2. The normalized spacial score (nSPS) is 13.6. The van der Waals surface area contributed by atoms with Gasteiger partial charge in [-0.25, -0.2) is 15.4 Å². The van der Waals surface area contributed by atoms with Gasteiger partial charge in [0.1, 0.15) is 17.3 Å². The lowest BCUT2D eigenvalue weighted by molar-refractivity contribution is -0.124. The first kappa shape index (κ1) is 19.5. The minimum Gasteiger partial charge on any atom is -0.356 e. The van der Waals surface area contributed by atoms with Gasteiger partial charge in [0.05, 0.1) is 0 Å². The van der Waals surface area contributed by atoms with E-state index < -0.39 is 5.91 Å². The molecule has 1 amide bonds. The van der Waals surface area contributed by atoms with Crippen LogP contribution in [0.3, 0.4) is 0 Å². The molecule has 3 aromatic rings. The number of carbonyl (C=O) groups excluding carboxylic acids is 1. The zero-order chi connectivity index (χ0) is 20.8. The van der Waals surface area contributed by atoms with Crippen molar-refractivity contribution in [3.8, 4) is 11.5 Å². The molecule has 152 valence electrons. The summed E-state index contributed by atoms with van der Waals surface area (Å²) in [6, 6.07) is 16.0. The van der Waals surface area contributed by atoms with Crippen LogP contribution in [0.4, 0.5) is 11.6 Å². The molecular weight excluding hydrogens is 380 g/mol. The molecule has 4 rings (SSSR count). The maximum atomic E-state index is 11.2. The molecular formula is C22H22N6O2. The zero-order valence-corrected chi connectivity index (χ0v) is 16.3. The summed E-state index contributed by atoms with van der Waals surface area (Å²) < 4.78 is 0. The molecule has 30 heavy (non-hydrogen) atoms. The number of rotatable bonds is 5. The van der Waals surface area contributed by atoms with E-state index in [0.717, 1.165) is 31.7 Å². The number of amides is 1. The van der Waals surface area contributed by atoms with Crippen molar-refractivity contribution in [2.24, 2.45) is 0 Å². The fraction of sp³-hybridized carbons (Fsp3) is 0.182. The molecule has 0 spiro atoms. The van der Waals surface area contributed by atoms with Gasteiger partial charge >= 0.3 is 0 Å². The van der Waals surface area contributed by atoms with Gasteiger partial charge < -0.3 is 10.2 Å². The summed E-state index contributed by atoms with van der Waals surface area (Å²) >= 11 is 0. The largest absolute Gasteiger partial charge is 0.356 e. The highest BCUT2D eigenvalue weighted by Crippen LogP contribution is 2.24. The molecule has 2 aromatic heterocycles. The zero-order valence-electron chi connectivity index (χ0n) is 16.3. The number of nitrogens with zero attached hydrogens (tertiary/aromatic N) is 4. The van der Waals surface area contributed by atoms with Crippen LogP contribution in [-0.4, -0.2) is 39.2 Å². The standard InChI is InChI=1S/C22H22N6O2/c29-21(27-30)8-12-24-19-15-20(26-22(25-19)18-7-3-4-11-23-18)28-13-9-16-5-1-2-6-17(16)10-14-28/h1-8,11-12,15,30H,9-10,13-14H2,(H,27,29)(H,24,25,26). The lowest BCUT2D eigenvalue weighted by atomic mass is 10.0. The number of hydroxylamine groups is 1. The highest BCUT2D eigenvalue weighted by molar-refractivity contribution is 5.86. The van der Waals surface area contributed by atoms with E-state index in [-0.39, 0.29) is 0 Å². The molecule has 0 fully saturated rings. The van der Waals surface area contributed by atoms with Crippen LogP contribution in [0.25, 0.3) is 11.5 Å². The molecule has 8 nitrogen and oxygen atoms in total. The van der Waals surface area contributed by atoms with E-state index in [2.05, 4.69) is 44.5 Å². The first-order valence-corrected chi connectivity index (χ1v) is 9.72. The fourth-order valence-corrected chi connectivity index (χ4v) is 3.42. The van der Waals surface area contributed by atoms with Gasteiger partial charge in [-0.15, -0.1) is 0 Å². The van der Waals surface area contributed by atoms with Crippen LogP contribution in [0.15, 0.2) is 67.0 Å². The van der Waals surface area contributed by atoms with Crippen LogP contribution in [0.2, 0.25) is 0 Å². The summed E-state index contributed by atoms with van der Waals surface area (Å²) in [7, 11) is 0. The van der Waals surface area contributed by atoms with Crippen molar-refractivity contribution in [2.75, 3.05) is 23.3 Å². The molecule has 0 aliphatic carbocycles. The lowest BCUT2D eigenvalue weighted by Gasteiger charge is -2.22. The first-order chi connectivity index (χ1) is 14.7. The third-order valence-electron chi connectivity index (χ3n) is 4.93. The average molecular weight is 402 g/mol. The first-order valence-electron chi connectivity index (χ1n) is 9.72. The summed E-state index contributed by atoms with van der Waals surface area (Å²) in [6.45, 7) is 1.69. The molecule has 0 saturated carbocycles. The van der Waals surface area contributed by atoms with Gasteiger partial charge in [-0.2, -0.15) is 0 Å². The lowest BCUT2D eigenvalue weighted by Crippen LogP contribution is -2.27. The maximum absolute atomic E-state index is 11.2. The second kappa shape index (κ2) is 9.15. The van der Waals surface area contributed by atoms with E-state index in [4.69, 9.17) is 10.2 Å². The Kier molecular flexibility index (Phi) is 5.95. The van der Waals surface area contributed by atoms with Gasteiger partial charge in [0.15, 0.2) is 5.82 Å². The van der Waals surface area contributed by atoms with Crippen molar-refractivity contribution in [1.82, 2.24) is 20.4 Å². The van der Waals surface area contributed by atoms with E-state index in [0.29, 0.717) is 17.3 Å². The Labute approximate surface area is 174 Å². The fourth-order valence-electron chi connectivity index (χ4n) is 3.42. The number of pyridine rings is 1. The Morgan fingerprint density at radius 3 is 2.43 bits per heavy atom. The quantitative estimate of drug-likeness (QED) is 0.342. The van der Waals surface area contributed by atoms with Crippen molar-refractivity contribution in [3.05, 3.63) is 78.1 Å². The van der Waals surface area contributed by atoms with E-state index >= 15 is 0 Å². The highest BCUT2D eigenvalue weighted by atomic mass is 16.5. The number of carbonyl (C=O) groups is 1. The minimum atomic E-state index is -0.632. The summed E-state index contributed by atoms with van der Waals surface area (Å²) in [6.07, 6.45) is 6.17. The second-order valence-electron chi connectivity index (χ2n) is 6.86. The molecule has 0 atom stereocenters. The smallest absolute Gasteiger partial charge is 0.268 e. The van der Waals surface area contributed by atoms with Gasteiger partial charge in [0.25, 0.3) is 5.91 Å². The van der Waals surface area contributed by atoms with Crippen molar-refractivity contribution in [1.29, 1.82) is 0 Å². The Morgan fingerprint density at radius 1 is 1.03 bits per heavy atom. The number of hydrogen-bond donors (Lipinski definition) is 3. The van der Waals surface area contributed by atoms with Gasteiger partial charge in [-0.3, -0.25) is 15.0 Å².